The van der Waals surface area contributed by atoms with Gasteiger partial charge in [0, 0.05) is 48.1 Å². The minimum absolute atomic E-state index is 0.00273. The molecule has 2 aromatic heterocycles. The fraction of sp³-hybridized carbons (Fsp3) is 0.441. The molecule has 0 radical (unpaired) electrons. The van der Waals surface area contributed by atoms with E-state index in [1.165, 1.54) is 0 Å². The van der Waals surface area contributed by atoms with Gasteiger partial charge in [0.2, 0.25) is 5.88 Å². The molecule has 0 spiro atoms. The van der Waals surface area contributed by atoms with E-state index in [2.05, 4.69) is 26.0 Å². The van der Waals surface area contributed by atoms with Crippen LogP contribution in [0.1, 0.15) is 37.7 Å². The Hall–Kier alpha value is -4.07. The molecule has 224 valence electrons. The number of nitrogens with one attached hydrogen (secondary N) is 1. The van der Waals surface area contributed by atoms with Gasteiger partial charge in [-0.05, 0) is 43.7 Å². The molecule has 7 heterocycles. The second-order valence-corrected chi connectivity index (χ2v) is 12.9. The summed E-state index contributed by atoms with van der Waals surface area (Å²) in [4.78, 5) is 18.8. The van der Waals surface area contributed by atoms with Crippen LogP contribution >= 0.6 is 0 Å². The SMILES string of the molecule is C#Cc1cccc2cccc(-c3nc4c5c(nc(OC[C@@]67CCCN6C[C@H](F)C7)nc5c3F)N3C[C@@H]5CC[C@@H](N5)C3CO4)c12. The first kappa shape index (κ1) is 26.3. The molecule has 2 aromatic carbocycles. The molecule has 4 saturated heterocycles. The summed E-state index contributed by atoms with van der Waals surface area (Å²) in [6.07, 6.45) is 9.38. The maximum Gasteiger partial charge on any atom is 0.319 e. The Morgan fingerprint density at radius 3 is 2.89 bits per heavy atom. The Morgan fingerprint density at radius 1 is 1.11 bits per heavy atom. The highest BCUT2D eigenvalue weighted by atomic mass is 19.1. The number of alkyl halides is 1. The molecule has 9 rings (SSSR count). The lowest BCUT2D eigenvalue weighted by Crippen LogP contribution is -2.60. The molecule has 5 aliphatic heterocycles. The number of piperazine rings is 1. The van der Waals surface area contributed by atoms with Gasteiger partial charge in [-0.2, -0.15) is 9.97 Å². The molecule has 5 atom stereocenters. The van der Waals surface area contributed by atoms with Crippen molar-refractivity contribution in [2.45, 2.75) is 61.9 Å². The zero-order valence-corrected chi connectivity index (χ0v) is 24.2. The van der Waals surface area contributed by atoms with Crippen LogP contribution in [0.4, 0.5) is 14.6 Å². The number of pyridine rings is 1. The molecule has 0 saturated carbocycles. The van der Waals surface area contributed by atoms with Crippen molar-refractivity contribution in [2.24, 2.45) is 0 Å². The van der Waals surface area contributed by atoms with Gasteiger partial charge in [0.25, 0.3) is 0 Å². The molecule has 2 bridgehead atoms. The number of nitrogens with zero attached hydrogens (tertiary/aromatic N) is 5. The zero-order chi connectivity index (χ0) is 29.6. The summed E-state index contributed by atoms with van der Waals surface area (Å²) in [6, 6.07) is 12.0. The molecule has 8 nitrogen and oxygen atoms in total. The number of hydrogen-bond acceptors (Lipinski definition) is 8. The smallest absolute Gasteiger partial charge is 0.319 e. The maximum atomic E-state index is 16.9. The summed E-state index contributed by atoms with van der Waals surface area (Å²) in [5.74, 6) is 3.05. The minimum atomic E-state index is -0.877. The number of rotatable bonds is 4. The fourth-order valence-electron chi connectivity index (χ4n) is 8.47. The van der Waals surface area contributed by atoms with E-state index in [0.29, 0.717) is 53.8 Å². The molecule has 1 unspecified atom stereocenters. The van der Waals surface area contributed by atoms with Crippen molar-refractivity contribution in [3.05, 3.63) is 47.8 Å². The predicted molar refractivity (Wildman–Crippen MR) is 163 cm³/mol. The van der Waals surface area contributed by atoms with Gasteiger partial charge < -0.3 is 19.7 Å². The van der Waals surface area contributed by atoms with E-state index in [9.17, 15) is 4.39 Å². The van der Waals surface area contributed by atoms with Gasteiger partial charge in [0.05, 0.1) is 11.6 Å². The third-order valence-electron chi connectivity index (χ3n) is 10.5. The number of ether oxygens (including phenoxy) is 2. The lowest BCUT2D eigenvalue weighted by Gasteiger charge is -2.40. The van der Waals surface area contributed by atoms with E-state index in [0.717, 1.165) is 49.5 Å². The highest BCUT2D eigenvalue weighted by Gasteiger charge is 2.50. The molecule has 1 N–H and O–H groups in total. The molecule has 44 heavy (non-hydrogen) atoms. The van der Waals surface area contributed by atoms with Crippen LogP contribution < -0.4 is 19.7 Å². The Morgan fingerprint density at radius 2 is 2.00 bits per heavy atom. The first-order chi connectivity index (χ1) is 21.5. The summed E-state index contributed by atoms with van der Waals surface area (Å²) < 4.78 is 44.2. The van der Waals surface area contributed by atoms with Crippen LogP contribution in [0.25, 0.3) is 32.9 Å². The van der Waals surface area contributed by atoms with Gasteiger partial charge in [-0.3, -0.25) is 4.90 Å². The molecule has 5 aliphatic rings. The summed E-state index contributed by atoms with van der Waals surface area (Å²) in [7, 11) is 0. The van der Waals surface area contributed by atoms with Crippen molar-refractivity contribution in [3.8, 4) is 35.5 Å². The van der Waals surface area contributed by atoms with Crippen molar-refractivity contribution in [3.63, 3.8) is 0 Å². The van der Waals surface area contributed by atoms with Gasteiger partial charge in [-0.15, -0.1) is 6.42 Å². The number of halogens is 2. The average molecular weight is 595 g/mol. The average Bonchev–Trinajstić information content (AvgIpc) is 3.67. The Bertz CT molecular complexity index is 1870. The van der Waals surface area contributed by atoms with Crippen LogP contribution in [0.2, 0.25) is 0 Å². The highest BCUT2D eigenvalue weighted by molar-refractivity contribution is 6.03. The molecule has 4 fully saturated rings. The van der Waals surface area contributed by atoms with Crippen molar-refractivity contribution >= 4 is 27.5 Å². The van der Waals surface area contributed by atoms with Crippen LogP contribution in [-0.2, 0) is 0 Å². The van der Waals surface area contributed by atoms with Crippen LogP contribution in [0.15, 0.2) is 36.4 Å². The van der Waals surface area contributed by atoms with Crippen LogP contribution in [0, 0.1) is 18.2 Å². The van der Waals surface area contributed by atoms with Gasteiger partial charge >= 0.3 is 6.01 Å². The number of aromatic nitrogens is 3. The highest BCUT2D eigenvalue weighted by Crippen LogP contribution is 2.45. The Balaban J connectivity index is 1.23. The Labute approximate surface area is 253 Å². The second kappa shape index (κ2) is 9.71. The summed E-state index contributed by atoms with van der Waals surface area (Å²) >= 11 is 0. The number of hydrogen-bond donors (Lipinski definition) is 1. The van der Waals surface area contributed by atoms with Gasteiger partial charge in [-0.25, -0.2) is 13.8 Å². The van der Waals surface area contributed by atoms with Gasteiger partial charge in [0.1, 0.15) is 41.8 Å². The number of benzene rings is 2. The maximum absolute atomic E-state index is 16.9. The number of anilines is 1. The van der Waals surface area contributed by atoms with E-state index in [4.69, 9.17) is 25.9 Å². The van der Waals surface area contributed by atoms with E-state index in [1.807, 2.05) is 36.4 Å². The normalized spacial score (nSPS) is 28.9. The van der Waals surface area contributed by atoms with Crippen LogP contribution in [-0.4, -0.2) is 82.5 Å². The first-order valence-electron chi connectivity index (χ1n) is 15.6. The second-order valence-electron chi connectivity index (χ2n) is 12.9. The lowest BCUT2D eigenvalue weighted by atomic mass is 9.95. The standard InChI is InChI=1S/C34H32F2N6O2/c1-2-19-6-3-7-20-8-4-9-23(26(19)20)29-28(36)30-27-31(42-16-22-10-11-24(37-22)25(42)17-43-32(27)38-29)40-33(39-30)44-18-34-12-5-13-41(34)15-21(35)14-34/h1,3-4,6-9,21-22,24-25,37H,5,10-18H2/t21-,22+,24-,25?,34+/m1/s1. The number of terminal acetylenes is 1. The summed E-state index contributed by atoms with van der Waals surface area (Å²) in [5, 5.41) is 5.80. The van der Waals surface area contributed by atoms with Crippen molar-refractivity contribution in [1.29, 1.82) is 0 Å². The van der Waals surface area contributed by atoms with Crippen molar-refractivity contribution in [1.82, 2.24) is 25.2 Å². The van der Waals surface area contributed by atoms with Crippen molar-refractivity contribution < 1.29 is 18.3 Å². The molecular formula is C34H32F2N6O2. The predicted octanol–water partition coefficient (Wildman–Crippen LogP) is 4.62. The fourth-order valence-corrected chi connectivity index (χ4v) is 8.47. The van der Waals surface area contributed by atoms with E-state index < -0.39 is 12.0 Å². The third kappa shape index (κ3) is 3.85. The minimum Gasteiger partial charge on any atom is -0.475 e. The number of fused-ring (bicyclic) bond motifs is 7. The Kier molecular flexibility index (Phi) is 5.82. The first-order valence-corrected chi connectivity index (χ1v) is 15.6. The van der Waals surface area contributed by atoms with Crippen LogP contribution in [0.3, 0.4) is 0 Å². The molecule has 4 aromatic rings. The molecular weight excluding hydrogens is 562 g/mol. The molecule has 0 aliphatic carbocycles. The van der Waals surface area contributed by atoms with E-state index in [-0.39, 0.29) is 41.5 Å². The topological polar surface area (TPSA) is 75.6 Å². The lowest BCUT2D eigenvalue weighted by molar-refractivity contribution is 0.107. The van der Waals surface area contributed by atoms with E-state index in [1.54, 1.807) is 0 Å². The van der Waals surface area contributed by atoms with E-state index >= 15 is 4.39 Å². The summed E-state index contributed by atoms with van der Waals surface area (Å²) in [6.45, 7) is 2.63. The third-order valence-corrected chi connectivity index (χ3v) is 10.5. The zero-order valence-electron chi connectivity index (χ0n) is 24.2. The van der Waals surface area contributed by atoms with Crippen molar-refractivity contribution in [2.75, 3.05) is 37.7 Å². The molecule has 0 amide bonds. The molecule has 10 heteroatoms. The van der Waals surface area contributed by atoms with Gasteiger partial charge in [-0.1, -0.05) is 36.3 Å². The quantitative estimate of drug-likeness (QED) is 0.343. The largest absolute Gasteiger partial charge is 0.475 e. The monoisotopic (exact) mass is 594 g/mol. The summed E-state index contributed by atoms with van der Waals surface area (Å²) in [5.41, 5.74) is 1.06. The van der Waals surface area contributed by atoms with Gasteiger partial charge in [0.15, 0.2) is 5.82 Å². The van der Waals surface area contributed by atoms with Crippen LogP contribution in [0.5, 0.6) is 11.9 Å².